The fourth-order valence-corrected chi connectivity index (χ4v) is 3.01. The molecule has 0 fully saturated rings. The smallest absolute Gasteiger partial charge is 0.264 e. The van der Waals surface area contributed by atoms with E-state index in [4.69, 9.17) is 16.3 Å². The fourth-order valence-electron chi connectivity index (χ4n) is 1.51. The Morgan fingerprint density at radius 2 is 2.10 bits per heavy atom. The first kappa shape index (κ1) is 14.5. The summed E-state index contributed by atoms with van der Waals surface area (Å²) in [5.41, 5.74) is 0.156. The Kier molecular flexibility index (Phi) is 4.10. The summed E-state index contributed by atoms with van der Waals surface area (Å²) in [6.45, 7) is 0. The summed E-state index contributed by atoms with van der Waals surface area (Å²) in [7, 11) is -2.62. The molecule has 0 aliphatic rings. The number of rotatable bonds is 4. The lowest BCUT2D eigenvalue weighted by molar-refractivity contribution is 0.387. The van der Waals surface area contributed by atoms with Crippen LogP contribution in [0.4, 0.5) is 10.1 Å². The molecule has 1 aromatic carbocycles. The van der Waals surface area contributed by atoms with Gasteiger partial charge >= 0.3 is 0 Å². The van der Waals surface area contributed by atoms with Gasteiger partial charge in [-0.2, -0.15) is 0 Å². The topological polar surface area (TPSA) is 68.3 Å². The van der Waals surface area contributed by atoms with Gasteiger partial charge in [-0.3, -0.25) is 4.72 Å². The number of methoxy groups -OCH3 is 1. The molecule has 0 saturated heterocycles. The molecule has 0 aliphatic carbocycles. The number of benzene rings is 1. The number of halogens is 2. The standard InChI is InChI=1S/C12H10ClFN2O3S/c1-19-10-7-8(4-5-9(10)14)16-20(17,18)11-3-2-6-15-12(11)13/h2-7,16H,1H3. The quantitative estimate of drug-likeness (QED) is 0.881. The molecule has 106 valence electrons. The molecule has 0 amide bonds. The van der Waals surface area contributed by atoms with Crippen LogP contribution in [0.1, 0.15) is 0 Å². The molecule has 0 bridgehead atoms. The largest absolute Gasteiger partial charge is 0.494 e. The zero-order valence-corrected chi connectivity index (χ0v) is 11.9. The third kappa shape index (κ3) is 3.00. The molecule has 0 atom stereocenters. The predicted molar refractivity (Wildman–Crippen MR) is 73.0 cm³/mol. The highest BCUT2D eigenvalue weighted by molar-refractivity contribution is 7.92. The van der Waals surface area contributed by atoms with Gasteiger partial charge in [0.25, 0.3) is 10.0 Å². The van der Waals surface area contributed by atoms with Crippen molar-refractivity contribution in [1.29, 1.82) is 0 Å². The second kappa shape index (κ2) is 5.64. The lowest BCUT2D eigenvalue weighted by atomic mass is 10.3. The average molecular weight is 317 g/mol. The van der Waals surface area contributed by atoms with Crippen LogP contribution in [0.3, 0.4) is 0 Å². The zero-order valence-electron chi connectivity index (χ0n) is 10.3. The number of anilines is 1. The molecule has 0 saturated carbocycles. The van der Waals surface area contributed by atoms with Crippen LogP contribution in [0.15, 0.2) is 41.4 Å². The van der Waals surface area contributed by atoms with Gasteiger partial charge in [-0.15, -0.1) is 0 Å². The van der Waals surface area contributed by atoms with Gasteiger partial charge in [-0.05, 0) is 24.3 Å². The van der Waals surface area contributed by atoms with Crippen LogP contribution in [0.2, 0.25) is 5.15 Å². The zero-order chi connectivity index (χ0) is 14.8. The van der Waals surface area contributed by atoms with Gasteiger partial charge in [0.15, 0.2) is 11.6 Å². The molecular formula is C12H10ClFN2O3S. The van der Waals surface area contributed by atoms with E-state index in [-0.39, 0.29) is 21.5 Å². The average Bonchev–Trinajstić information content (AvgIpc) is 2.41. The minimum atomic E-state index is -3.90. The van der Waals surface area contributed by atoms with E-state index in [0.717, 1.165) is 6.07 Å². The Bertz CT molecular complexity index is 737. The molecule has 1 aromatic heterocycles. The summed E-state index contributed by atoms with van der Waals surface area (Å²) in [4.78, 5) is 3.53. The highest BCUT2D eigenvalue weighted by Gasteiger charge is 2.19. The molecule has 2 rings (SSSR count). The van der Waals surface area contributed by atoms with Crippen molar-refractivity contribution in [3.05, 3.63) is 47.5 Å². The molecule has 0 radical (unpaired) electrons. The van der Waals surface area contributed by atoms with E-state index in [1.54, 1.807) is 0 Å². The van der Waals surface area contributed by atoms with E-state index in [0.29, 0.717) is 0 Å². The van der Waals surface area contributed by atoms with E-state index >= 15 is 0 Å². The molecule has 1 N–H and O–H groups in total. The summed E-state index contributed by atoms with van der Waals surface area (Å²) in [5.74, 6) is -0.655. The summed E-state index contributed by atoms with van der Waals surface area (Å²) < 4.78 is 44.6. The summed E-state index contributed by atoms with van der Waals surface area (Å²) >= 11 is 5.74. The highest BCUT2D eigenvalue weighted by atomic mass is 35.5. The first-order valence-corrected chi connectivity index (χ1v) is 7.27. The molecule has 0 unspecified atom stereocenters. The van der Waals surface area contributed by atoms with Crippen molar-refractivity contribution in [3.8, 4) is 5.75 Å². The van der Waals surface area contributed by atoms with Gasteiger partial charge in [0.2, 0.25) is 0 Å². The maximum Gasteiger partial charge on any atom is 0.264 e. The van der Waals surface area contributed by atoms with Crippen LogP contribution < -0.4 is 9.46 Å². The van der Waals surface area contributed by atoms with Crippen LogP contribution in [0.5, 0.6) is 5.75 Å². The molecule has 2 aromatic rings. The first-order valence-electron chi connectivity index (χ1n) is 5.41. The van der Waals surface area contributed by atoms with E-state index < -0.39 is 15.8 Å². The Labute approximate surface area is 120 Å². The van der Waals surface area contributed by atoms with E-state index in [2.05, 4.69) is 9.71 Å². The Morgan fingerprint density at radius 3 is 2.75 bits per heavy atom. The van der Waals surface area contributed by atoms with Crippen LogP contribution in [-0.4, -0.2) is 20.5 Å². The maximum atomic E-state index is 13.3. The number of hydrogen-bond acceptors (Lipinski definition) is 4. The van der Waals surface area contributed by atoms with Crippen molar-refractivity contribution in [2.45, 2.75) is 4.90 Å². The van der Waals surface area contributed by atoms with Gasteiger partial charge in [0.05, 0.1) is 12.8 Å². The first-order chi connectivity index (χ1) is 9.44. The summed E-state index contributed by atoms with van der Waals surface area (Å²) in [6.07, 6.45) is 1.38. The summed E-state index contributed by atoms with van der Waals surface area (Å²) in [5, 5.41) is -0.144. The third-order valence-corrected chi connectivity index (χ3v) is 4.24. The monoisotopic (exact) mass is 316 g/mol. The Morgan fingerprint density at radius 1 is 1.35 bits per heavy atom. The lowest BCUT2D eigenvalue weighted by Crippen LogP contribution is -2.14. The number of aromatic nitrogens is 1. The van der Waals surface area contributed by atoms with Crippen molar-refractivity contribution in [3.63, 3.8) is 0 Å². The second-order valence-corrected chi connectivity index (χ2v) is 5.76. The van der Waals surface area contributed by atoms with Crippen molar-refractivity contribution in [1.82, 2.24) is 4.98 Å². The van der Waals surface area contributed by atoms with Gasteiger partial charge < -0.3 is 4.74 Å². The highest BCUT2D eigenvalue weighted by Crippen LogP contribution is 2.25. The van der Waals surface area contributed by atoms with Crippen molar-refractivity contribution in [2.75, 3.05) is 11.8 Å². The minimum Gasteiger partial charge on any atom is -0.494 e. The van der Waals surface area contributed by atoms with Gasteiger partial charge in [-0.1, -0.05) is 11.6 Å². The number of nitrogens with one attached hydrogen (secondary N) is 1. The fraction of sp³-hybridized carbons (Fsp3) is 0.0833. The van der Waals surface area contributed by atoms with Crippen molar-refractivity contribution < 1.29 is 17.5 Å². The Balaban J connectivity index is 2.36. The molecule has 0 aliphatic heterocycles. The molecule has 0 spiro atoms. The van der Waals surface area contributed by atoms with Crippen molar-refractivity contribution >= 4 is 27.3 Å². The van der Waals surface area contributed by atoms with Crippen LogP contribution in [0, 0.1) is 5.82 Å². The van der Waals surface area contributed by atoms with E-state index in [1.807, 2.05) is 0 Å². The third-order valence-electron chi connectivity index (χ3n) is 2.42. The Hall–Kier alpha value is -1.86. The molecule has 8 heteroatoms. The number of ether oxygens (including phenoxy) is 1. The second-order valence-electron chi connectivity index (χ2n) is 3.75. The van der Waals surface area contributed by atoms with Gasteiger partial charge in [0, 0.05) is 12.3 Å². The van der Waals surface area contributed by atoms with E-state index in [1.165, 1.54) is 37.6 Å². The molecule has 20 heavy (non-hydrogen) atoms. The summed E-state index contributed by atoms with van der Waals surface area (Å²) in [6, 6.07) is 6.38. The van der Waals surface area contributed by atoms with E-state index in [9.17, 15) is 12.8 Å². The SMILES string of the molecule is COc1cc(NS(=O)(=O)c2cccnc2Cl)ccc1F. The predicted octanol–water partition coefficient (Wildman–Crippen LogP) is 2.68. The van der Waals surface area contributed by atoms with Crippen LogP contribution in [0.25, 0.3) is 0 Å². The lowest BCUT2D eigenvalue weighted by Gasteiger charge is -2.10. The van der Waals surface area contributed by atoms with Gasteiger partial charge in [-0.25, -0.2) is 17.8 Å². The number of hydrogen-bond donors (Lipinski definition) is 1. The van der Waals surface area contributed by atoms with Crippen LogP contribution in [-0.2, 0) is 10.0 Å². The maximum absolute atomic E-state index is 13.3. The molecular weight excluding hydrogens is 307 g/mol. The number of nitrogens with zero attached hydrogens (tertiary/aromatic N) is 1. The van der Waals surface area contributed by atoms with Gasteiger partial charge in [0.1, 0.15) is 10.0 Å². The number of pyridine rings is 1. The minimum absolute atomic E-state index is 0.0671. The molecule has 1 heterocycles. The van der Waals surface area contributed by atoms with Crippen molar-refractivity contribution in [2.24, 2.45) is 0 Å². The molecule has 5 nitrogen and oxygen atoms in total. The van der Waals surface area contributed by atoms with Crippen LogP contribution >= 0.6 is 11.6 Å². The normalized spacial score (nSPS) is 11.2. The number of sulfonamides is 1.